The molecular weight excluding hydrogens is 426 g/mol. The second-order valence-electron chi connectivity index (χ2n) is 7.78. The number of anilines is 1. The van der Waals surface area contributed by atoms with Gasteiger partial charge in [-0.25, -0.2) is 14.8 Å². The molecule has 1 aromatic carbocycles. The van der Waals surface area contributed by atoms with Gasteiger partial charge in [0, 0.05) is 29.6 Å². The van der Waals surface area contributed by atoms with Crippen LogP contribution < -0.4 is 5.32 Å². The third-order valence-electron chi connectivity index (χ3n) is 5.25. The molecule has 0 saturated heterocycles. The first-order chi connectivity index (χ1) is 15.5. The molecule has 0 saturated carbocycles. The molecule has 2 aromatic heterocycles. The molecule has 1 N–H and O–H groups in total. The number of rotatable bonds is 7. The average Bonchev–Trinajstić information content (AvgIpc) is 3.35. The molecule has 0 aliphatic carbocycles. The number of carbonyl (C=O) groups is 2. The highest BCUT2D eigenvalue weighted by molar-refractivity contribution is 7.19. The Bertz CT molecular complexity index is 1160. The topological polar surface area (TPSA) is 87.7 Å². The van der Waals surface area contributed by atoms with Gasteiger partial charge in [0.25, 0.3) is 0 Å². The first-order valence-electron chi connectivity index (χ1n) is 10.2. The van der Waals surface area contributed by atoms with Crippen LogP contribution in [0.25, 0.3) is 10.2 Å². The van der Waals surface area contributed by atoms with E-state index in [2.05, 4.69) is 15.3 Å². The lowest BCUT2D eigenvalue weighted by Crippen LogP contribution is -2.24. The van der Waals surface area contributed by atoms with Gasteiger partial charge in [-0.3, -0.25) is 4.79 Å². The Kier molecular flexibility index (Phi) is 6.48. The fraction of sp³-hybridized carbons (Fsp3) is 0.304. The zero-order chi connectivity index (χ0) is 22.7. The average molecular weight is 452 g/mol. The number of hydrogen-bond acceptors (Lipinski definition) is 8. The third-order valence-corrected chi connectivity index (χ3v) is 6.37. The van der Waals surface area contributed by atoms with Gasteiger partial charge in [-0.05, 0) is 19.7 Å². The molecule has 0 radical (unpaired) electrons. The lowest BCUT2D eigenvalue weighted by Gasteiger charge is -2.18. The number of aromatic nitrogens is 2. The summed E-state index contributed by atoms with van der Waals surface area (Å²) in [5, 5.41) is 4.11. The summed E-state index contributed by atoms with van der Waals surface area (Å²) in [5.41, 5.74) is 1.81. The van der Waals surface area contributed by atoms with Gasteiger partial charge in [0.05, 0.1) is 19.0 Å². The highest BCUT2D eigenvalue weighted by Crippen LogP contribution is 2.40. The quantitative estimate of drug-likeness (QED) is 0.436. The van der Waals surface area contributed by atoms with E-state index in [0.717, 1.165) is 26.2 Å². The molecule has 3 heterocycles. The second kappa shape index (κ2) is 9.46. The monoisotopic (exact) mass is 451 g/mol. The molecule has 4 rings (SSSR count). The second-order valence-corrected chi connectivity index (χ2v) is 8.86. The molecule has 3 aromatic rings. The van der Waals surface area contributed by atoms with Gasteiger partial charge in [-0.15, -0.1) is 11.3 Å². The molecule has 1 aliphatic rings. The molecule has 9 heteroatoms. The van der Waals surface area contributed by atoms with Gasteiger partial charge in [-0.1, -0.05) is 36.4 Å². The normalized spacial score (nSPS) is 14.2. The van der Waals surface area contributed by atoms with Crippen LogP contribution in [-0.4, -0.2) is 59.4 Å². The molecule has 8 nitrogen and oxygen atoms in total. The van der Waals surface area contributed by atoms with Crippen molar-refractivity contribution >= 4 is 39.2 Å². The van der Waals surface area contributed by atoms with Crippen molar-refractivity contribution in [3.05, 3.63) is 64.8 Å². The number of amides is 1. The van der Waals surface area contributed by atoms with Crippen molar-refractivity contribution in [2.45, 2.75) is 19.1 Å². The minimum Gasteiger partial charge on any atom is -0.467 e. The summed E-state index contributed by atoms with van der Waals surface area (Å²) in [6.45, 7) is 1.73. The number of likely N-dealkylation sites (N-methyl/N-ethyl adjacent to an activating group) is 1. The molecule has 0 spiro atoms. The molecule has 1 aliphatic heterocycles. The van der Waals surface area contributed by atoms with Gasteiger partial charge < -0.3 is 19.9 Å². The lowest BCUT2D eigenvalue weighted by atomic mass is 10.1. The molecule has 1 amide bonds. The Morgan fingerprint density at radius 1 is 1.25 bits per heavy atom. The number of thiophene rings is 1. The number of carbonyl (C=O) groups excluding carboxylic acids is 2. The summed E-state index contributed by atoms with van der Waals surface area (Å²) in [5.74, 6) is 0.133. The van der Waals surface area contributed by atoms with Crippen molar-refractivity contribution in [1.29, 1.82) is 0 Å². The van der Waals surface area contributed by atoms with Gasteiger partial charge >= 0.3 is 5.97 Å². The van der Waals surface area contributed by atoms with Crippen LogP contribution in [0, 0.1) is 0 Å². The minimum absolute atomic E-state index is 0.0218. The van der Waals surface area contributed by atoms with E-state index >= 15 is 0 Å². The van der Waals surface area contributed by atoms with Crippen LogP contribution in [0.2, 0.25) is 0 Å². The predicted molar refractivity (Wildman–Crippen MR) is 124 cm³/mol. The van der Waals surface area contributed by atoms with Crippen LogP contribution in [0.1, 0.15) is 22.0 Å². The maximum absolute atomic E-state index is 12.6. The fourth-order valence-electron chi connectivity index (χ4n) is 3.67. The van der Waals surface area contributed by atoms with Gasteiger partial charge in [-0.2, -0.15) is 0 Å². The van der Waals surface area contributed by atoms with Crippen molar-refractivity contribution < 1.29 is 14.3 Å². The minimum atomic E-state index is -0.706. The van der Waals surface area contributed by atoms with Crippen LogP contribution in [0.4, 0.5) is 5.82 Å². The first kappa shape index (κ1) is 21.9. The zero-order valence-electron chi connectivity index (χ0n) is 18.2. The van der Waals surface area contributed by atoms with Crippen molar-refractivity contribution in [1.82, 2.24) is 19.8 Å². The van der Waals surface area contributed by atoms with E-state index in [0.29, 0.717) is 25.5 Å². The van der Waals surface area contributed by atoms with Gasteiger partial charge in [0.15, 0.2) is 6.04 Å². The van der Waals surface area contributed by atoms with Crippen LogP contribution in [0.3, 0.4) is 0 Å². The van der Waals surface area contributed by atoms with Crippen molar-refractivity contribution in [2.24, 2.45) is 0 Å². The van der Waals surface area contributed by atoms with E-state index in [1.165, 1.54) is 13.4 Å². The van der Waals surface area contributed by atoms with Gasteiger partial charge in [0.1, 0.15) is 17.0 Å². The smallest absolute Gasteiger partial charge is 0.333 e. The standard InChI is InChI=1S/C23H25N5O3S/c1-27(2)11-7-10-18(29)28-12-16-17(13-28)32-22-19(16)21(24-14-25-22)26-20(23(30)31-3)15-8-5-4-6-9-15/h4-10,14,20H,11-13H2,1-3H3,(H,24,25,26)/b10-7+/t20-/m0/s1. The summed E-state index contributed by atoms with van der Waals surface area (Å²) in [6, 6.07) is 8.67. The molecular formula is C23H25N5O3S. The highest BCUT2D eigenvalue weighted by atomic mass is 32.1. The van der Waals surface area contributed by atoms with Crippen LogP contribution in [0.5, 0.6) is 0 Å². The lowest BCUT2D eigenvalue weighted by molar-refractivity contribution is -0.141. The Morgan fingerprint density at radius 3 is 2.75 bits per heavy atom. The Balaban J connectivity index is 1.62. The Morgan fingerprint density at radius 2 is 2.03 bits per heavy atom. The number of nitrogens with zero attached hydrogens (tertiary/aromatic N) is 4. The van der Waals surface area contributed by atoms with E-state index in [-0.39, 0.29) is 5.91 Å². The molecule has 32 heavy (non-hydrogen) atoms. The van der Waals surface area contributed by atoms with E-state index < -0.39 is 12.0 Å². The Hall–Kier alpha value is -3.30. The number of benzene rings is 1. The summed E-state index contributed by atoms with van der Waals surface area (Å²) < 4.78 is 5.02. The maximum atomic E-state index is 12.6. The Labute approximate surface area is 190 Å². The van der Waals surface area contributed by atoms with Crippen molar-refractivity contribution in [3.63, 3.8) is 0 Å². The molecule has 0 unspecified atom stereocenters. The SMILES string of the molecule is COC(=O)[C@@H](Nc1ncnc2sc3c(c12)CN(C(=O)/C=C/CN(C)C)C3)c1ccccc1. The number of nitrogens with one attached hydrogen (secondary N) is 1. The maximum Gasteiger partial charge on any atom is 0.333 e. The van der Waals surface area contributed by atoms with Crippen molar-refractivity contribution in [2.75, 3.05) is 33.1 Å². The third kappa shape index (κ3) is 4.49. The van der Waals surface area contributed by atoms with Crippen LogP contribution in [-0.2, 0) is 27.4 Å². The van der Waals surface area contributed by atoms with Crippen molar-refractivity contribution in [3.8, 4) is 0 Å². The summed E-state index contributed by atoms with van der Waals surface area (Å²) >= 11 is 1.55. The van der Waals surface area contributed by atoms with E-state index in [9.17, 15) is 9.59 Å². The number of hydrogen-bond donors (Lipinski definition) is 1. The first-order valence-corrected chi connectivity index (χ1v) is 11.0. The summed E-state index contributed by atoms with van der Waals surface area (Å²) in [7, 11) is 5.28. The molecule has 0 bridgehead atoms. The molecule has 1 atom stereocenters. The van der Waals surface area contributed by atoms with E-state index in [4.69, 9.17) is 4.74 Å². The predicted octanol–water partition coefficient (Wildman–Crippen LogP) is 2.98. The largest absolute Gasteiger partial charge is 0.467 e. The number of methoxy groups -OCH3 is 1. The molecule has 0 fully saturated rings. The summed E-state index contributed by atoms with van der Waals surface area (Å²) in [4.78, 5) is 39.7. The van der Waals surface area contributed by atoms with E-state index in [1.807, 2.05) is 55.4 Å². The zero-order valence-corrected chi connectivity index (χ0v) is 19.1. The van der Waals surface area contributed by atoms with E-state index in [1.54, 1.807) is 22.3 Å². The number of ether oxygens (including phenoxy) is 1. The summed E-state index contributed by atoms with van der Waals surface area (Å²) in [6.07, 6.45) is 4.98. The highest BCUT2D eigenvalue weighted by Gasteiger charge is 2.30. The fourth-order valence-corrected chi connectivity index (χ4v) is 4.83. The number of esters is 1. The van der Waals surface area contributed by atoms with Crippen LogP contribution >= 0.6 is 11.3 Å². The van der Waals surface area contributed by atoms with Crippen LogP contribution in [0.15, 0.2) is 48.8 Å². The number of fused-ring (bicyclic) bond motifs is 3. The van der Waals surface area contributed by atoms with Gasteiger partial charge in [0.2, 0.25) is 5.91 Å². The molecule has 166 valence electrons.